The Bertz CT molecular complexity index is 634. The SMILES string of the molecule is CN=C(NCCCc1nnc2n1CCCCC2)N1CC(C)(C)C1(C)C.I. The number of nitrogens with zero attached hydrogens (tertiary/aromatic N) is 5. The van der Waals surface area contributed by atoms with Crippen molar-refractivity contribution < 1.29 is 0 Å². The highest BCUT2D eigenvalue weighted by molar-refractivity contribution is 14.0. The minimum Gasteiger partial charge on any atom is -0.356 e. The molecular formula is C19H35IN6. The molecule has 26 heavy (non-hydrogen) atoms. The molecule has 1 fully saturated rings. The molecule has 1 aromatic rings. The Hall–Kier alpha value is -0.860. The zero-order valence-corrected chi connectivity index (χ0v) is 19.3. The Kier molecular flexibility index (Phi) is 6.96. The van der Waals surface area contributed by atoms with Crippen molar-refractivity contribution in [2.24, 2.45) is 10.4 Å². The average molecular weight is 474 g/mol. The molecule has 1 N–H and O–H groups in total. The van der Waals surface area contributed by atoms with E-state index >= 15 is 0 Å². The number of nitrogens with one attached hydrogen (secondary N) is 1. The third-order valence-electron chi connectivity index (χ3n) is 6.40. The van der Waals surface area contributed by atoms with Crippen LogP contribution < -0.4 is 5.32 Å². The Morgan fingerprint density at radius 3 is 2.58 bits per heavy atom. The second kappa shape index (κ2) is 8.44. The van der Waals surface area contributed by atoms with Crippen LogP contribution in [0.5, 0.6) is 0 Å². The molecule has 1 saturated heterocycles. The lowest BCUT2D eigenvalue weighted by molar-refractivity contribution is -0.0667. The molecule has 0 aliphatic carbocycles. The van der Waals surface area contributed by atoms with E-state index in [-0.39, 0.29) is 29.5 Å². The van der Waals surface area contributed by atoms with Gasteiger partial charge < -0.3 is 14.8 Å². The van der Waals surface area contributed by atoms with Crippen molar-refractivity contribution in [3.63, 3.8) is 0 Å². The molecular weight excluding hydrogens is 439 g/mol. The van der Waals surface area contributed by atoms with Crippen LogP contribution in [0.4, 0.5) is 0 Å². The summed E-state index contributed by atoms with van der Waals surface area (Å²) >= 11 is 0. The highest BCUT2D eigenvalue weighted by atomic mass is 127. The summed E-state index contributed by atoms with van der Waals surface area (Å²) in [5.41, 5.74) is 0.461. The fourth-order valence-corrected chi connectivity index (χ4v) is 3.87. The normalized spacial score (nSPS) is 21.3. The van der Waals surface area contributed by atoms with Gasteiger partial charge in [0.25, 0.3) is 0 Å². The van der Waals surface area contributed by atoms with Crippen molar-refractivity contribution in [2.45, 2.75) is 78.3 Å². The molecule has 0 aromatic carbocycles. The molecule has 2 aliphatic heterocycles. The molecule has 2 aliphatic rings. The number of likely N-dealkylation sites (tertiary alicyclic amines) is 1. The first-order chi connectivity index (χ1) is 11.9. The maximum absolute atomic E-state index is 4.49. The quantitative estimate of drug-likeness (QED) is 0.315. The van der Waals surface area contributed by atoms with Gasteiger partial charge in [-0.2, -0.15) is 0 Å². The monoisotopic (exact) mass is 474 g/mol. The molecule has 0 unspecified atom stereocenters. The standard InChI is InChI=1S/C19H34N6.HI/c1-18(2)14-25(19(18,3)4)17(20-5)21-12-9-11-16-23-22-15-10-7-6-8-13-24(15)16;/h6-14H2,1-5H3,(H,20,21);1H. The number of aromatic nitrogens is 3. The summed E-state index contributed by atoms with van der Waals surface area (Å²) in [6, 6.07) is 0. The molecule has 7 heteroatoms. The van der Waals surface area contributed by atoms with Crippen LogP contribution >= 0.6 is 24.0 Å². The first-order valence-corrected chi connectivity index (χ1v) is 9.76. The number of fused-ring (bicyclic) bond motifs is 1. The Morgan fingerprint density at radius 1 is 1.15 bits per heavy atom. The first kappa shape index (κ1) is 21.4. The molecule has 3 heterocycles. The van der Waals surface area contributed by atoms with Crippen molar-refractivity contribution in [3.8, 4) is 0 Å². The largest absolute Gasteiger partial charge is 0.356 e. The zero-order valence-electron chi connectivity index (χ0n) is 17.0. The highest BCUT2D eigenvalue weighted by Gasteiger charge is 2.53. The van der Waals surface area contributed by atoms with Crippen LogP contribution in [0.25, 0.3) is 0 Å². The lowest BCUT2D eigenvalue weighted by Gasteiger charge is -2.62. The maximum atomic E-state index is 4.49. The second-order valence-corrected chi connectivity index (χ2v) is 8.60. The van der Waals surface area contributed by atoms with Gasteiger partial charge in [-0.25, -0.2) is 0 Å². The van der Waals surface area contributed by atoms with Crippen LogP contribution in [0.3, 0.4) is 0 Å². The van der Waals surface area contributed by atoms with Gasteiger partial charge in [-0.3, -0.25) is 4.99 Å². The average Bonchev–Trinajstić information content (AvgIpc) is 2.80. The van der Waals surface area contributed by atoms with Gasteiger partial charge >= 0.3 is 0 Å². The van der Waals surface area contributed by atoms with Crippen LogP contribution in [0.1, 0.15) is 65.0 Å². The van der Waals surface area contributed by atoms with Gasteiger partial charge in [0, 0.05) is 50.5 Å². The molecule has 0 radical (unpaired) electrons. The second-order valence-electron chi connectivity index (χ2n) is 8.60. The van der Waals surface area contributed by atoms with E-state index in [1.54, 1.807) is 0 Å². The Labute approximate surface area is 175 Å². The van der Waals surface area contributed by atoms with E-state index in [0.717, 1.165) is 50.7 Å². The van der Waals surface area contributed by atoms with Crippen LogP contribution in [-0.2, 0) is 19.4 Å². The molecule has 148 valence electrons. The Morgan fingerprint density at radius 2 is 1.92 bits per heavy atom. The summed E-state index contributed by atoms with van der Waals surface area (Å²) in [6.07, 6.45) is 6.92. The minimum atomic E-state index is 0. The third kappa shape index (κ3) is 4.02. The van der Waals surface area contributed by atoms with Crippen LogP contribution in [0.15, 0.2) is 4.99 Å². The van der Waals surface area contributed by atoms with Crippen LogP contribution in [0, 0.1) is 5.41 Å². The number of hydrogen-bond donors (Lipinski definition) is 1. The molecule has 0 saturated carbocycles. The van der Waals surface area contributed by atoms with Crippen molar-refractivity contribution in [1.29, 1.82) is 0 Å². The van der Waals surface area contributed by atoms with E-state index in [1.807, 2.05) is 7.05 Å². The van der Waals surface area contributed by atoms with Crippen LogP contribution in [-0.4, -0.2) is 51.3 Å². The predicted octanol–water partition coefficient (Wildman–Crippen LogP) is 3.25. The van der Waals surface area contributed by atoms with Crippen molar-refractivity contribution in [2.75, 3.05) is 20.1 Å². The summed E-state index contributed by atoms with van der Waals surface area (Å²) in [7, 11) is 1.88. The molecule has 0 amide bonds. The topological polar surface area (TPSA) is 58.3 Å². The van der Waals surface area contributed by atoms with Gasteiger partial charge in [0.1, 0.15) is 11.6 Å². The van der Waals surface area contributed by atoms with E-state index in [1.165, 1.54) is 25.1 Å². The fraction of sp³-hybridized carbons (Fsp3) is 0.842. The molecule has 6 nitrogen and oxygen atoms in total. The molecule has 3 rings (SSSR count). The lowest BCUT2D eigenvalue weighted by Crippen LogP contribution is -2.72. The van der Waals surface area contributed by atoms with Gasteiger partial charge in [0.05, 0.1) is 0 Å². The van der Waals surface area contributed by atoms with Crippen molar-refractivity contribution in [3.05, 3.63) is 11.6 Å². The first-order valence-electron chi connectivity index (χ1n) is 9.76. The van der Waals surface area contributed by atoms with Gasteiger partial charge in [0.2, 0.25) is 0 Å². The number of guanidine groups is 1. The van der Waals surface area contributed by atoms with Gasteiger partial charge in [-0.1, -0.05) is 20.3 Å². The number of hydrogen-bond acceptors (Lipinski definition) is 3. The molecule has 1 aromatic heterocycles. The van der Waals surface area contributed by atoms with Crippen molar-refractivity contribution in [1.82, 2.24) is 25.0 Å². The third-order valence-corrected chi connectivity index (χ3v) is 6.40. The number of aryl methyl sites for hydroxylation is 2. The molecule has 0 atom stereocenters. The van der Waals surface area contributed by atoms with E-state index < -0.39 is 0 Å². The summed E-state index contributed by atoms with van der Waals surface area (Å²) < 4.78 is 2.35. The summed E-state index contributed by atoms with van der Waals surface area (Å²) in [5.74, 6) is 3.35. The highest BCUT2D eigenvalue weighted by Crippen LogP contribution is 2.46. The zero-order chi connectivity index (χ0) is 18.1. The van der Waals surface area contributed by atoms with Crippen LogP contribution in [0.2, 0.25) is 0 Å². The van der Waals surface area contributed by atoms with E-state index in [0.29, 0.717) is 5.41 Å². The number of aliphatic imine (C=N–C) groups is 1. The van der Waals surface area contributed by atoms with Crippen molar-refractivity contribution >= 4 is 29.9 Å². The summed E-state index contributed by atoms with van der Waals surface area (Å²) in [6.45, 7) is 12.3. The summed E-state index contributed by atoms with van der Waals surface area (Å²) in [4.78, 5) is 6.87. The van der Waals surface area contributed by atoms with Gasteiger partial charge in [-0.05, 0) is 33.1 Å². The fourth-order valence-electron chi connectivity index (χ4n) is 3.87. The van der Waals surface area contributed by atoms with Gasteiger partial charge in [0.15, 0.2) is 5.96 Å². The number of halogens is 1. The number of rotatable bonds is 4. The van der Waals surface area contributed by atoms with E-state index in [4.69, 9.17) is 0 Å². The predicted molar refractivity (Wildman–Crippen MR) is 117 cm³/mol. The van der Waals surface area contributed by atoms with Gasteiger partial charge in [-0.15, -0.1) is 34.2 Å². The summed E-state index contributed by atoms with van der Waals surface area (Å²) in [5, 5.41) is 12.4. The smallest absolute Gasteiger partial charge is 0.194 e. The Balaban J connectivity index is 0.00000243. The molecule has 0 spiro atoms. The van der Waals surface area contributed by atoms with E-state index in [9.17, 15) is 0 Å². The lowest BCUT2D eigenvalue weighted by atomic mass is 9.65. The minimum absolute atomic E-state index is 0. The maximum Gasteiger partial charge on any atom is 0.194 e. The molecule has 0 bridgehead atoms. The van der Waals surface area contributed by atoms with E-state index in [2.05, 4.69) is 57.7 Å².